The molecule has 0 saturated carbocycles. The lowest BCUT2D eigenvalue weighted by atomic mass is 10.0. The summed E-state index contributed by atoms with van der Waals surface area (Å²) in [4.78, 5) is 2.92. The van der Waals surface area contributed by atoms with Crippen LogP contribution in [0.4, 0.5) is 0 Å². The summed E-state index contributed by atoms with van der Waals surface area (Å²) in [6.45, 7) is 5.13. The van der Waals surface area contributed by atoms with Gasteiger partial charge in [0.2, 0.25) is 0 Å². The fraction of sp³-hybridized carbons (Fsp3) is 0.333. The fourth-order valence-electron chi connectivity index (χ4n) is 2.37. The third-order valence-electron chi connectivity index (χ3n) is 3.49. The van der Waals surface area contributed by atoms with Crippen molar-refractivity contribution in [1.82, 2.24) is 0 Å². The number of halogens is 2. The van der Waals surface area contributed by atoms with E-state index in [9.17, 15) is 0 Å². The van der Waals surface area contributed by atoms with Gasteiger partial charge in [-0.2, -0.15) is 0 Å². The van der Waals surface area contributed by atoms with E-state index in [4.69, 9.17) is 4.74 Å². The van der Waals surface area contributed by atoms with Gasteiger partial charge in [-0.05, 0) is 43.2 Å². The number of thiophene rings is 1. The van der Waals surface area contributed by atoms with Gasteiger partial charge in [-0.1, -0.05) is 31.9 Å². The van der Waals surface area contributed by atoms with E-state index in [1.807, 2.05) is 11.3 Å². The zero-order chi connectivity index (χ0) is 13.6. The molecule has 0 fully saturated rings. The predicted molar refractivity (Wildman–Crippen MR) is 87.9 cm³/mol. The first kappa shape index (κ1) is 13.7. The van der Waals surface area contributed by atoms with Crippen molar-refractivity contribution in [2.45, 2.75) is 25.1 Å². The summed E-state index contributed by atoms with van der Waals surface area (Å²) < 4.78 is 6.94. The minimum atomic E-state index is 0.203. The molecular weight excluding hydrogens is 388 g/mol. The normalized spacial score (nSPS) is 15.2. The van der Waals surface area contributed by atoms with Crippen LogP contribution >= 0.6 is 43.2 Å². The molecule has 1 aliphatic rings. The van der Waals surface area contributed by atoms with Crippen molar-refractivity contribution in [3.63, 3.8) is 0 Å². The van der Waals surface area contributed by atoms with Crippen LogP contribution in [0, 0.1) is 13.8 Å². The van der Waals surface area contributed by atoms with Crippen LogP contribution in [0.2, 0.25) is 0 Å². The molecule has 0 bridgehead atoms. The molecule has 1 atom stereocenters. The molecule has 2 aromatic rings. The Morgan fingerprint density at radius 2 is 2.05 bits per heavy atom. The molecule has 1 unspecified atom stereocenters. The standard InChI is InChI=1S/C15H14Br2OS/c1-8-5-13(19-9(8)2)14(17)12-7-11(16)6-10-3-4-18-15(10)12/h5-7,14H,3-4H2,1-2H3. The van der Waals surface area contributed by atoms with Gasteiger partial charge in [0.05, 0.1) is 11.4 Å². The van der Waals surface area contributed by atoms with Crippen LogP contribution in [-0.2, 0) is 6.42 Å². The third-order valence-corrected chi connectivity index (χ3v) is 6.45. The minimum absolute atomic E-state index is 0.203. The second-order valence-electron chi connectivity index (χ2n) is 4.83. The van der Waals surface area contributed by atoms with Crippen molar-refractivity contribution in [2.75, 3.05) is 6.61 Å². The highest BCUT2D eigenvalue weighted by Gasteiger charge is 2.24. The van der Waals surface area contributed by atoms with Gasteiger partial charge in [0, 0.05) is 26.2 Å². The van der Waals surface area contributed by atoms with Crippen LogP contribution in [0.5, 0.6) is 5.75 Å². The van der Waals surface area contributed by atoms with Crippen LogP contribution < -0.4 is 4.74 Å². The van der Waals surface area contributed by atoms with Crippen molar-refractivity contribution < 1.29 is 4.74 Å². The lowest BCUT2D eigenvalue weighted by Crippen LogP contribution is -1.95. The number of hydrogen-bond donors (Lipinski definition) is 0. The van der Waals surface area contributed by atoms with E-state index in [1.165, 1.54) is 26.4 Å². The van der Waals surface area contributed by atoms with E-state index in [0.717, 1.165) is 23.2 Å². The van der Waals surface area contributed by atoms with Gasteiger partial charge in [0.1, 0.15) is 5.75 Å². The van der Waals surface area contributed by atoms with Gasteiger partial charge >= 0.3 is 0 Å². The topological polar surface area (TPSA) is 9.23 Å². The molecule has 0 N–H and O–H groups in total. The van der Waals surface area contributed by atoms with Crippen molar-refractivity contribution in [3.05, 3.63) is 49.1 Å². The molecular formula is C15H14Br2OS. The summed E-state index contributed by atoms with van der Waals surface area (Å²) in [5, 5.41) is 0. The van der Waals surface area contributed by atoms with Crippen LogP contribution in [0.1, 0.15) is 31.3 Å². The van der Waals surface area contributed by atoms with E-state index in [2.05, 4.69) is 63.9 Å². The molecule has 4 heteroatoms. The molecule has 1 aromatic carbocycles. The summed E-state index contributed by atoms with van der Waals surface area (Å²) in [5.74, 6) is 1.06. The maximum absolute atomic E-state index is 5.82. The van der Waals surface area contributed by atoms with Gasteiger partial charge in [-0.3, -0.25) is 0 Å². The van der Waals surface area contributed by atoms with Gasteiger partial charge in [-0.15, -0.1) is 11.3 Å². The molecule has 0 radical (unpaired) electrons. The van der Waals surface area contributed by atoms with Crippen molar-refractivity contribution in [1.29, 1.82) is 0 Å². The fourth-order valence-corrected chi connectivity index (χ4v) is 4.68. The Hall–Kier alpha value is -0.320. The SMILES string of the molecule is Cc1cc(C(Br)c2cc(Br)cc3c2OCC3)sc1C. The van der Waals surface area contributed by atoms with Crippen LogP contribution in [0.15, 0.2) is 22.7 Å². The first-order valence-electron chi connectivity index (χ1n) is 6.22. The summed E-state index contributed by atoms with van der Waals surface area (Å²) >= 11 is 9.29. The molecule has 0 saturated heterocycles. The second kappa shape index (κ2) is 5.23. The van der Waals surface area contributed by atoms with Crippen molar-refractivity contribution >= 4 is 43.2 Å². The van der Waals surface area contributed by atoms with E-state index in [-0.39, 0.29) is 4.83 Å². The quantitative estimate of drug-likeness (QED) is 0.599. The Kier molecular flexibility index (Phi) is 3.76. The largest absolute Gasteiger partial charge is 0.493 e. The lowest BCUT2D eigenvalue weighted by Gasteiger charge is -2.13. The lowest BCUT2D eigenvalue weighted by molar-refractivity contribution is 0.354. The Morgan fingerprint density at radius 1 is 1.26 bits per heavy atom. The minimum Gasteiger partial charge on any atom is -0.493 e. The highest BCUT2D eigenvalue weighted by Crippen LogP contribution is 2.44. The number of rotatable bonds is 2. The van der Waals surface area contributed by atoms with E-state index in [1.54, 1.807) is 0 Å². The first-order chi connectivity index (χ1) is 9.06. The van der Waals surface area contributed by atoms with Crippen molar-refractivity contribution in [3.8, 4) is 5.75 Å². The van der Waals surface area contributed by atoms with E-state index < -0.39 is 0 Å². The molecule has 0 aliphatic carbocycles. The number of hydrogen-bond acceptors (Lipinski definition) is 2. The monoisotopic (exact) mass is 400 g/mol. The maximum atomic E-state index is 5.82. The zero-order valence-electron chi connectivity index (χ0n) is 10.8. The smallest absolute Gasteiger partial charge is 0.127 e. The third kappa shape index (κ3) is 2.50. The number of alkyl halides is 1. The van der Waals surface area contributed by atoms with Gasteiger partial charge < -0.3 is 4.74 Å². The van der Waals surface area contributed by atoms with Gasteiger partial charge in [0.15, 0.2) is 0 Å². The van der Waals surface area contributed by atoms with Crippen LogP contribution in [0.25, 0.3) is 0 Å². The Labute approximate surface area is 134 Å². The average molecular weight is 402 g/mol. The second-order valence-corrected chi connectivity index (χ2v) is 7.95. The van der Waals surface area contributed by atoms with E-state index in [0.29, 0.717) is 0 Å². The highest BCUT2D eigenvalue weighted by atomic mass is 79.9. The average Bonchev–Trinajstić information content (AvgIpc) is 2.95. The summed E-state index contributed by atoms with van der Waals surface area (Å²) in [5.41, 5.74) is 3.89. The number of ether oxygens (including phenoxy) is 1. The van der Waals surface area contributed by atoms with Crippen molar-refractivity contribution in [2.24, 2.45) is 0 Å². The zero-order valence-corrected chi connectivity index (χ0v) is 14.8. The predicted octanol–water partition coefficient (Wildman–Crippen LogP) is 5.55. The first-order valence-corrected chi connectivity index (χ1v) is 8.75. The Balaban J connectivity index is 2.07. The van der Waals surface area contributed by atoms with E-state index >= 15 is 0 Å². The number of aryl methyl sites for hydroxylation is 2. The molecule has 3 rings (SSSR count). The molecule has 0 amide bonds. The summed E-state index contributed by atoms with van der Waals surface area (Å²) in [7, 11) is 0. The maximum Gasteiger partial charge on any atom is 0.127 e. The van der Waals surface area contributed by atoms with Crippen LogP contribution in [0.3, 0.4) is 0 Å². The molecule has 1 aliphatic heterocycles. The molecule has 100 valence electrons. The van der Waals surface area contributed by atoms with Gasteiger partial charge in [-0.25, -0.2) is 0 Å². The Morgan fingerprint density at radius 3 is 2.74 bits per heavy atom. The molecule has 19 heavy (non-hydrogen) atoms. The molecule has 2 heterocycles. The molecule has 1 aromatic heterocycles. The van der Waals surface area contributed by atoms with Crippen LogP contribution in [-0.4, -0.2) is 6.61 Å². The summed E-state index contributed by atoms with van der Waals surface area (Å²) in [6, 6.07) is 6.59. The highest BCUT2D eigenvalue weighted by molar-refractivity contribution is 9.10. The summed E-state index contributed by atoms with van der Waals surface area (Å²) in [6.07, 6.45) is 1.00. The molecule has 1 nitrogen and oxygen atoms in total. The number of fused-ring (bicyclic) bond motifs is 1. The van der Waals surface area contributed by atoms with Gasteiger partial charge in [0.25, 0.3) is 0 Å². The Bertz CT molecular complexity index is 614. The molecule has 0 spiro atoms. The number of benzene rings is 1.